The third-order valence-corrected chi connectivity index (χ3v) is 3.60. The lowest BCUT2D eigenvalue weighted by Crippen LogP contribution is -2.39. The van der Waals surface area contributed by atoms with Gasteiger partial charge in [0.2, 0.25) is 0 Å². The Labute approximate surface area is 164 Å². The first-order valence-electron chi connectivity index (χ1n) is 8.75. The molecule has 0 aliphatic heterocycles. The Hall–Kier alpha value is -2.46. The summed E-state index contributed by atoms with van der Waals surface area (Å²) in [4.78, 5) is 25.1. The molecule has 164 valence electrons. The molecule has 0 heterocycles. The van der Waals surface area contributed by atoms with Gasteiger partial charge in [0.25, 0.3) is 0 Å². The van der Waals surface area contributed by atoms with E-state index in [-0.39, 0.29) is 38.1 Å². The van der Waals surface area contributed by atoms with Gasteiger partial charge in [0.1, 0.15) is 0 Å². The molecule has 11 heteroatoms. The van der Waals surface area contributed by atoms with Crippen LogP contribution in [-0.4, -0.2) is 36.6 Å². The molecule has 0 aromatic heterocycles. The minimum absolute atomic E-state index is 0.0255. The van der Waals surface area contributed by atoms with Crippen LogP contribution in [0.25, 0.3) is 0 Å². The molecule has 1 aromatic rings. The number of carbonyl (C=O) groups excluding carboxylic acids is 2. The van der Waals surface area contributed by atoms with E-state index in [1.807, 2.05) is 0 Å². The number of carbonyl (C=O) groups is 2. The molecule has 29 heavy (non-hydrogen) atoms. The van der Waals surface area contributed by atoms with Crippen LogP contribution < -0.4 is 5.32 Å². The highest BCUT2D eigenvalue weighted by Crippen LogP contribution is 2.37. The Kier molecular flexibility index (Phi) is 8.34. The van der Waals surface area contributed by atoms with E-state index in [0.29, 0.717) is 12.1 Å². The minimum atomic E-state index is -5.03. The van der Waals surface area contributed by atoms with E-state index < -0.39 is 41.2 Å². The van der Waals surface area contributed by atoms with Crippen LogP contribution in [0.3, 0.4) is 0 Å². The van der Waals surface area contributed by atoms with Crippen molar-refractivity contribution in [2.24, 2.45) is 5.92 Å². The summed E-state index contributed by atoms with van der Waals surface area (Å²) in [5.74, 6) is -0.636. The second-order valence-electron chi connectivity index (χ2n) is 6.62. The summed E-state index contributed by atoms with van der Waals surface area (Å²) in [6, 6.07) is -0.101. The van der Waals surface area contributed by atoms with Gasteiger partial charge >= 0.3 is 24.4 Å². The SMILES string of the molecule is CCOC(=O)CCN(CC(C)C)C(=O)Nc1cc(C(F)(F)F)cc(C(F)(F)F)c1. The van der Waals surface area contributed by atoms with E-state index in [1.165, 1.54) is 0 Å². The van der Waals surface area contributed by atoms with Gasteiger partial charge in [-0.2, -0.15) is 26.3 Å². The summed E-state index contributed by atoms with van der Waals surface area (Å²) in [6.07, 6.45) is -10.2. The van der Waals surface area contributed by atoms with Crippen molar-refractivity contribution in [3.63, 3.8) is 0 Å². The van der Waals surface area contributed by atoms with Crippen LogP contribution in [0.2, 0.25) is 0 Å². The quantitative estimate of drug-likeness (QED) is 0.482. The zero-order valence-electron chi connectivity index (χ0n) is 16.1. The standard InChI is InChI=1S/C18H22F6N2O3/c1-4-29-15(27)5-6-26(10-11(2)3)16(28)25-14-8-12(17(19,20)21)7-13(9-14)18(22,23)24/h7-9,11H,4-6,10H2,1-3H3,(H,25,28). The zero-order chi connectivity index (χ0) is 22.4. The summed E-state index contributed by atoms with van der Waals surface area (Å²) < 4.78 is 82.4. The number of halogens is 6. The fourth-order valence-electron chi connectivity index (χ4n) is 2.41. The van der Waals surface area contributed by atoms with Crippen LogP contribution in [0.1, 0.15) is 38.3 Å². The highest BCUT2D eigenvalue weighted by atomic mass is 19.4. The molecule has 0 aliphatic rings. The molecule has 0 unspecified atom stereocenters. The smallest absolute Gasteiger partial charge is 0.416 e. The second-order valence-corrected chi connectivity index (χ2v) is 6.62. The van der Waals surface area contributed by atoms with Gasteiger partial charge in [-0.25, -0.2) is 4.79 Å². The molecule has 0 radical (unpaired) electrons. The van der Waals surface area contributed by atoms with Gasteiger partial charge in [0.05, 0.1) is 24.2 Å². The summed E-state index contributed by atoms with van der Waals surface area (Å²) in [5.41, 5.74) is -3.73. The number of hydrogen-bond donors (Lipinski definition) is 1. The first kappa shape index (κ1) is 24.6. The fourth-order valence-corrected chi connectivity index (χ4v) is 2.41. The van der Waals surface area contributed by atoms with E-state index in [0.717, 1.165) is 4.90 Å². The summed E-state index contributed by atoms with van der Waals surface area (Å²) >= 11 is 0. The van der Waals surface area contributed by atoms with Crippen LogP contribution in [0.5, 0.6) is 0 Å². The monoisotopic (exact) mass is 428 g/mol. The maximum Gasteiger partial charge on any atom is 0.416 e. The van der Waals surface area contributed by atoms with Crippen LogP contribution >= 0.6 is 0 Å². The number of rotatable bonds is 7. The average molecular weight is 428 g/mol. The van der Waals surface area contributed by atoms with Gasteiger partial charge in [-0.05, 0) is 31.0 Å². The Morgan fingerprint density at radius 3 is 1.97 bits per heavy atom. The molecule has 0 saturated carbocycles. The van der Waals surface area contributed by atoms with Crippen molar-refractivity contribution in [2.75, 3.05) is 25.0 Å². The van der Waals surface area contributed by atoms with Gasteiger partial charge in [-0.3, -0.25) is 4.79 Å². The average Bonchev–Trinajstić information content (AvgIpc) is 2.56. The van der Waals surface area contributed by atoms with E-state index in [9.17, 15) is 35.9 Å². The molecule has 0 bridgehead atoms. The summed E-state index contributed by atoms with van der Waals surface area (Å²) in [5, 5.41) is 2.06. The number of nitrogens with zero attached hydrogens (tertiary/aromatic N) is 1. The van der Waals surface area contributed by atoms with Crippen LogP contribution in [-0.2, 0) is 21.9 Å². The van der Waals surface area contributed by atoms with Crippen molar-refractivity contribution >= 4 is 17.7 Å². The molecule has 0 aliphatic carbocycles. The van der Waals surface area contributed by atoms with Crippen LogP contribution in [0.15, 0.2) is 18.2 Å². The highest BCUT2D eigenvalue weighted by molar-refractivity contribution is 5.90. The highest BCUT2D eigenvalue weighted by Gasteiger charge is 2.37. The minimum Gasteiger partial charge on any atom is -0.466 e. The molecule has 1 N–H and O–H groups in total. The summed E-state index contributed by atoms with van der Waals surface area (Å²) in [7, 11) is 0. The Morgan fingerprint density at radius 1 is 1.03 bits per heavy atom. The van der Waals surface area contributed by atoms with Crippen molar-refractivity contribution in [1.82, 2.24) is 4.90 Å². The number of hydrogen-bond acceptors (Lipinski definition) is 3. The molecule has 1 aromatic carbocycles. The number of nitrogens with one attached hydrogen (secondary N) is 1. The second kappa shape index (κ2) is 9.84. The Bertz CT molecular complexity index is 684. The Morgan fingerprint density at radius 2 is 1.55 bits per heavy atom. The third-order valence-electron chi connectivity index (χ3n) is 3.60. The number of benzene rings is 1. The molecule has 0 atom stereocenters. The number of anilines is 1. The molecule has 1 rings (SSSR count). The predicted molar refractivity (Wildman–Crippen MR) is 93.1 cm³/mol. The van der Waals surface area contributed by atoms with E-state index in [4.69, 9.17) is 4.74 Å². The van der Waals surface area contributed by atoms with Gasteiger partial charge in [0.15, 0.2) is 0 Å². The normalized spacial score (nSPS) is 12.1. The van der Waals surface area contributed by atoms with Crippen molar-refractivity contribution in [3.05, 3.63) is 29.3 Å². The number of ether oxygens (including phenoxy) is 1. The van der Waals surface area contributed by atoms with Gasteiger partial charge in [-0.1, -0.05) is 13.8 Å². The number of alkyl halides is 6. The zero-order valence-corrected chi connectivity index (χ0v) is 16.1. The predicted octanol–water partition coefficient (Wildman–Crippen LogP) is 5.17. The third kappa shape index (κ3) is 8.20. The number of esters is 1. The van der Waals surface area contributed by atoms with Gasteiger partial charge < -0.3 is 15.0 Å². The topological polar surface area (TPSA) is 58.6 Å². The van der Waals surface area contributed by atoms with Gasteiger partial charge in [-0.15, -0.1) is 0 Å². The van der Waals surface area contributed by atoms with Crippen molar-refractivity contribution in [3.8, 4) is 0 Å². The lowest BCUT2D eigenvalue weighted by Gasteiger charge is -2.25. The first-order chi connectivity index (χ1) is 13.2. The largest absolute Gasteiger partial charge is 0.466 e. The lowest BCUT2D eigenvalue weighted by molar-refractivity contribution is -0.144. The molecule has 0 fully saturated rings. The molecular weight excluding hydrogens is 406 g/mol. The molecule has 5 nitrogen and oxygen atoms in total. The van der Waals surface area contributed by atoms with Crippen LogP contribution in [0, 0.1) is 5.92 Å². The molecule has 0 spiro atoms. The maximum atomic E-state index is 12.9. The first-order valence-corrected chi connectivity index (χ1v) is 8.75. The molecule has 2 amide bonds. The van der Waals surface area contributed by atoms with Crippen molar-refractivity contribution in [1.29, 1.82) is 0 Å². The molecule has 0 saturated heterocycles. The van der Waals surface area contributed by atoms with Crippen molar-refractivity contribution in [2.45, 2.75) is 39.5 Å². The van der Waals surface area contributed by atoms with Crippen molar-refractivity contribution < 1.29 is 40.7 Å². The Balaban J connectivity index is 3.10. The van der Waals surface area contributed by atoms with Crippen LogP contribution in [0.4, 0.5) is 36.8 Å². The lowest BCUT2D eigenvalue weighted by atomic mass is 10.1. The maximum absolute atomic E-state index is 12.9. The van der Waals surface area contributed by atoms with Gasteiger partial charge in [0, 0.05) is 18.8 Å². The number of amides is 2. The van der Waals surface area contributed by atoms with E-state index in [2.05, 4.69) is 5.32 Å². The van der Waals surface area contributed by atoms with E-state index in [1.54, 1.807) is 20.8 Å². The summed E-state index contributed by atoms with van der Waals surface area (Å²) in [6.45, 7) is 5.29. The van der Waals surface area contributed by atoms with E-state index >= 15 is 0 Å². The fraction of sp³-hybridized carbons (Fsp3) is 0.556. The molecular formula is C18H22F6N2O3. The number of urea groups is 1.